The number of benzene rings is 1. The molecule has 1 aliphatic carbocycles. The lowest BCUT2D eigenvalue weighted by Gasteiger charge is -2.47. The number of piperazine rings is 1. The van der Waals surface area contributed by atoms with Crippen molar-refractivity contribution in [2.75, 3.05) is 59.8 Å². The Morgan fingerprint density at radius 1 is 1.12 bits per heavy atom. The molecule has 4 aromatic rings. The first-order chi connectivity index (χ1) is 26.8. The number of nitrogens with zero attached hydrogens (tertiary/aromatic N) is 7. The van der Waals surface area contributed by atoms with E-state index >= 15 is 0 Å². The third-order valence-electron chi connectivity index (χ3n) is 11.7. The Bertz CT molecular complexity index is 2290. The van der Waals surface area contributed by atoms with Crippen LogP contribution in [-0.2, 0) is 42.6 Å². The van der Waals surface area contributed by atoms with Gasteiger partial charge in [0.25, 0.3) is 11.5 Å². The monoisotopic (exact) mass is 761 g/mol. The van der Waals surface area contributed by atoms with E-state index in [1.54, 1.807) is 30.4 Å². The molecule has 14 nitrogen and oxygen atoms in total. The largest absolute Gasteiger partial charge is 0.392 e. The quantitative estimate of drug-likeness (QED) is 0.210. The average molecular weight is 762 g/mol. The molecule has 1 atom stereocenters. The van der Waals surface area contributed by atoms with Crippen LogP contribution in [0.2, 0.25) is 0 Å². The van der Waals surface area contributed by atoms with Gasteiger partial charge in [-0.05, 0) is 80.0 Å². The van der Waals surface area contributed by atoms with Gasteiger partial charge in [-0.3, -0.25) is 24.2 Å². The molecule has 8 rings (SSSR count). The van der Waals surface area contributed by atoms with Gasteiger partial charge in [-0.2, -0.15) is 0 Å². The fourth-order valence-corrected chi connectivity index (χ4v) is 8.96. The van der Waals surface area contributed by atoms with Crippen molar-refractivity contribution in [2.45, 2.75) is 72.2 Å². The smallest absolute Gasteiger partial charge is 0.293 e. The second-order valence-electron chi connectivity index (χ2n) is 16.4. The molecule has 3 aliphatic heterocycles. The van der Waals surface area contributed by atoms with Gasteiger partial charge in [0.2, 0.25) is 5.91 Å². The molecule has 56 heavy (non-hydrogen) atoms. The molecule has 0 radical (unpaired) electrons. The molecule has 6 heterocycles. The van der Waals surface area contributed by atoms with Gasteiger partial charge in [-0.1, -0.05) is 20.4 Å². The fraction of sp³-hybridized carbons (Fsp3) is 0.452. The predicted octanol–water partition coefficient (Wildman–Crippen LogP) is 4.40. The molecule has 0 bridgehead atoms. The first-order valence-corrected chi connectivity index (χ1v) is 19.5. The summed E-state index contributed by atoms with van der Waals surface area (Å²) in [6.45, 7) is 17.2. The maximum absolute atomic E-state index is 14.2. The van der Waals surface area contributed by atoms with Gasteiger partial charge in [-0.15, -0.1) is 0 Å². The molecule has 3 aromatic heterocycles. The SMILES string of the molecule is C=CC(=O)Nc1cc(Nc2nc(-c3ccnc(N4CCCn5c(cc6c5CC(C)(C)C6)C4=O)c3CO)cn(C)c2=O)cc(C)c1N1CCN(C2COC2)C[C@@H]1C. The summed E-state index contributed by atoms with van der Waals surface area (Å²) in [5.41, 5.74) is 7.34. The van der Waals surface area contributed by atoms with Gasteiger partial charge in [0.1, 0.15) is 11.5 Å². The summed E-state index contributed by atoms with van der Waals surface area (Å²) in [6, 6.07) is 8.18. The van der Waals surface area contributed by atoms with E-state index in [0.717, 1.165) is 69.9 Å². The highest BCUT2D eigenvalue weighted by atomic mass is 16.5. The number of anilines is 5. The fourth-order valence-electron chi connectivity index (χ4n) is 8.96. The van der Waals surface area contributed by atoms with Crippen molar-refractivity contribution < 1.29 is 19.4 Å². The summed E-state index contributed by atoms with van der Waals surface area (Å²) in [5, 5.41) is 17.1. The molecule has 2 saturated heterocycles. The number of hydrogen-bond donors (Lipinski definition) is 3. The Morgan fingerprint density at radius 3 is 2.64 bits per heavy atom. The second kappa shape index (κ2) is 14.6. The van der Waals surface area contributed by atoms with Crippen LogP contribution in [0.5, 0.6) is 0 Å². The number of carbonyl (C=O) groups is 2. The lowest BCUT2D eigenvalue weighted by Crippen LogP contribution is -2.59. The van der Waals surface area contributed by atoms with Crippen LogP contribution in [0.15, 0.2) is 54.1 Å². The number of carbonyl (C=O) groups excluding carboxylic acids is 2. The third kappa shape index (κ3) is 6.79. The van der Waals surface area contributed by atoms with E-state index in [2.05, 4.69) is 57.3 Å². The van der Waals surface area contributed by atoms with Gasteiger partial charge in [0.15, 0.2) is 5.82 Å². The first kappa shape index (κ1) is 37.6. The van der Waals surface area contributed by atoms with E-state index in [1.807, 2.05) is 25.1 Å². The summed E-state index contributed by atoms with van der Waals surface area (Å²) in [7, 11) is 1.65. The van der Waals surface area contributed by atoms with Crippen LogP contribution in [0.4, 0.5) is 28.7 Å². The number of aryl methyl sites for hydroxylation is 2. The molecule has 2 fully saturated rings. The summed E-state index contributed by atoms with van der Waals surface area (Å²) in [6.07, 6.45) is 7.07. The summed E-state index contributed by atoms with van der Waals surface area (Å²) in [4.78, 5) is 56.4. The molecular weight excluding hydrogens is 711 g/mol. The normalized spacial score (nSPS) is 19.6. The molecule has 4 aliphatic rings. The molecule has 0 unspecified atom stereocenters. The molecule has 3 N–H and O–H groups in total. The predicted molar refractivity (Wildman–Crippen MR) is 217 cm³/mol. The number of aromatic nitrogens is 4. The van der Waals surface area contributed by atoms with Crippen LogP contribution in [-0.4, -0.2) is 92.4 Å². The number of ether oxygens (including phenoxy) is 1. The number of amides is 2. The van der Waals surface area contributed by atoms with Gasteiger partial charge >= 0.3 is 0 Å². The zero-order chi connectivity index (χ0) is 39.5. The van der Waals surface area contributed by atoms with E-state index in [1.165, 1.54) is 21.9 Å². The Hall–Kier alpha value is -5.31. The number of aliphatic hydroxyl groups excluding tert-OH is 1. The van der Waals surface area contributed by atoms with Crippen molar-refractivity contribution in [2.24, 2.45) is 12.5 Å². The van der Waals surface area contributed by atoms with E-state index in [0.29, 0.717) is 52.3 Å². The lowest BCUT2D eigenvalue weighted by atomic mass is 9.90. The van der Waals surface area contributed by atoms with Crippen LogP contribution in [0.3, 0.4) is 0 Å². The lowest BCUT2D eigenvalue weighted by molar-refractivity contribution is -0.111. The Labute approximate surface area is 326 Å². The van der Waals surface area contributed by atoms with E-state index < -0.39 is 6.61 Å². The van der Waals surface area contributed by atoms with E-state index in [4.69, 9.17) is 9.72 Å². The van der Waals surface area contributed by atoms with Crippen LogP contribution in [0.1, 0.15) is 60.1 Å². The highest BCUT2D eigenvalue weighted by molar-refractivity contribution is 6.06. The molecule has 14 heteroatoms. The molecule has 0 saturated carbocycles. The van der Waals surface area contributed by atoms with Crippen LogP contribution in [0.25, 0.3) is 11.3 Å². The highest BCUT2D eigenvalue weighted by Crippen LogP contribution is 2.40. The second-order valence-corrected chi connectivity index (χ2v) is 16.4. The molecular formula is C42H51N9O5. The average Bonchev–Trinajstić information content (AvgIpc) is 3.56. The summed E-state index contributed by atoms with van der Waals surface area (Å²) in [5.74, 6) is -0.0513. The number of nitrogens with one attached hydrogen (secondary N) is 2. The Kier molecular flexibility index (Phi) is 9.83. The Balaban J connectivity index is 1.11. The maximum Gasteiger partial charge on any atom is 0.293 e. The van der Waals surface area contributed by atoms with Crippen molar-refractivity contribution in [3.05, 3.63) is 87.7 Å². The van der Waals surface area contributed by atoms with Crippen LogP contribution in [0, 0.1) is 12.3 Å². The number of hydrogen-bond acceptors (Lipinski definition) is 10. The van der Waals surface area contributed by atoms with Gasteiger partial charge in [0.05, 0.1) is 42.9 Å². The zero-order valence-electron chi connectivity index (χ0n) is 32.9. The highest BCUT2D eigenvalue weighted by Gasteiger charge is 2.37. The summed E-state index contributed by atoms with van der Waals surface area (Å²) < 4.78 is 9.05. The summed E-state index contributed by atoms with van der Waals surface area (Å²) >= 11 is 0. The molecule has 0 spiro atoms. The van der Waals surface area contributed by atoms with Gasteiger partial charge in [-0.25, -0.2) is 9.97 Å². The third-order valence-corrected chi connectivity index (χ3v) is 11.7. The van der Waals surface area contributed by atoms with Gasteiger partial charge < -0.3 is 34.5 Å². The first-order valence-electron chi connectivity index (χ1n) is 19.5. The topological polar surface area (TPSA) is 150 Å². The van der Waals surface area contributed by atoms with Crippen LogP contribution < -0.4 is 26.0 Å². The van der Waals surface area contributed by atoms with E-state index in [-0.39, 0.29) is 34.6 Å². The maximum atomic E-state index is 14.2. The number of rotatable bonds is 9. The standard InChI is InChI=1S/C42H51N9O5/c1-7-36(53)45-32-17-28(15-25(2)37(32)49-14-13-48(20-26(49)3)29-23-56-24-29)44-38-41(55)47(6)21-33(46-38)30-9-10-43-39(31(30)22-52)51-12-8-11-50-34(40(51)54)16-27-18-42(4,5)19-35(27)50/h7,9-10,15-17,21,26,29,52H,1,8,11-14,18-20,22-24H2,2-6H3,(H,44,46)(H,45,53)/t26-/m0/s1. The van der Waals surface area contributed by atoms with Crippen molar-refractivity contribution in [1.82, 2.24) is 24.0 Å². The van der Waals surface area contributed by atoms with E-state index in [9.17, 15) is 19.5 Å². The van der Waals surface area contributed by atoms with Crippen molar-refractivity contribution in [1.29, 1.82) is 0 Å². The van der Waals surface area contributed by atoms with Crippen molar-refractivity contribution >= 4 is 40.5 Å². The Morgan fingerprint density at radius 2 is 1.93 bits per heavy atom. The molecule has 2 amide bonds. The minimum Gasteiger partial charge on any atom is -0.392 e. The number of aliphatic hydroxyl groups is 1. The molecule has 1 aromatic carbocycles. The number of pyridine rings is 1. The van der Waals surface area contributed by atoms with Gasteiger partial charge in [0, 0.05) is 80.7 Å². The minimum atomic E-state index is -0.393. The molecule has 294 valence electrons. The zero-order valence-corrected chi connectivity index (χ0v) is 32.9. The number of fused-ring (bicyclic) bond motifs is 3. The van der Waals surface area contributed by atoms with Crippen molar-refractivity contribution in [3.8, 4) is 11.3 Å². The minimum absolute atomic E-state index is 0.0613. The van der Waals surface area contributed by atoms with Crippen LogP contribution >= 0.6 is 0 Å². The van der Waals surface area contributed by atoms with Crippen molar-refractivity contribution in [3.63, 3.8) is 0 Å².